The Kier molecular flexibility index (Phi) is 4.41. The molecule has 19 heavy (non-hydrogen) atoms. The van der Waals surface area contributed by atoms with Crippen molar-refractivity contribution in [3.63, 3.8) is 0 Å². The zero-order chi connectivity index (χ0) is 14.6. The molecule has 1 aromatic rings. The Morgan fingerprint density at radius 2 is 1.84 bits per heavy atom. The third kappa shape index (κ3) is 4.19. The highest BCUT2D eigenvalue weighted by molar-refractivity contribution is 7.89. The quantitative estimate of drug-likeness (QED) is 0.654. The molecule has 8 heteroatoms. The summed E-state index contributed by atoms with van der Waals surface area (Å²) in [5.41, 5.74) is 5.05. The van der Waals surface area contributed by atoms with Crippen molar-refractivity contribution in [2.75, 3.05) is 5.32 Å². The van der Waals surface area contributed by atoms with Crippen LogP contribution in [0.5, 0.6) is 0 Å². The van der Waals surface area contributed by atoms with E-state index in [0.717, 1.165) is 6.08 Å². The number of anilines is 1. The Bertz CT molecular complexity index is 650. The van der Waals surface area contributed by atoms with E-state index in [1.807, 2.05) is 0 Å². The van der Waals surface area contributed by atoms with E-state index in [0.29, 0.717) is 0 Å². The first-order valence-electron chi connectivity index (χ1n) is 5.12. The number of carbonyl (C=O) groups excluding carboxylic acids is 2. The summed E-state index contributed by atoms with van der Waals surface area (Å²) in [4.78, 5) is 22.1. The number of sulfonamides is 1. The van der Waals surface area contributed by atoms with E-state index in [4.69, 9.17) is 10.9 Å². The van der Waals surface area contributed by atoms with Crippen LogP contribution in [0.25, 0.3) is 0 Å². The maximum absolute atomic E-state index is 11.6. The minimum atomic E-state index is -3.95. The number of para-hydroxylation sites is 1. The van der Waals surface area contributed by atoms with Crippen molar-refractivity contribution in [2.24, 2.45) is 10.9 Å². The highest BCUT2D eigenvalue weighted by Gasteiger charge is 2.14. The molecule has 0 saturated heterocycles. The van der Waals surface area contributed by atoms with Crippen molar-refractivity contribution < 1.29 is 18.0 Å². The minimum Gasteiger partial charge on any atom is -0.366 e. The molecule has 0 bridgehead atoms. The predicted molar refractivity (Wildman–Crippen MR) is 69.4 cm³/mol. The fraction of sp³-hybridized carbons (Fsp3) is 0.0909. The molecule has 0 aromatic heterocycles. The molecule has 7 nitrogen and oxygen atoms in total. The van der Waals surface area contributed by atoms with E-state index in [2.05, 4.69) is 5.32 Å². The summed E-state index contributed by atoms with van der Waals surface area (Å²) in [7, 11) is -3.95. The topological polar surface area (TPSA) is 132 Å². The van der Waals surface area contributed by atoms with E-state index in [1.165, 1.54) is 31.2 Å². The zero-order valence-electron chi connectivity index (χ0n) is 10.1. The van der Waals surface area contributed by atoms with Gasteiger partial charge in [-0.3, -0.25) is 9.59 Å². The summed E-state index contributed by atoms with van der Waals surface area (Å²) in [6.45, 7) is 1.37. The molecule has 1 rings (SSSR count). The van der Waals surface area contributed by atoms with Gasteiger partial charge in [-0.2, -0.15) is 0 Å². The van der Waals surface area contributed by atoms with E-state index in [1.54, 1.807) is 0 Å². The van der Waals surface area contributed by atoms with Gasteiger partial charge in [0.15, 0.2) is 0 Å². The lowest BCUT2D eigenvalue weighted by molar-refractivity contribution is -0.115. The molecule has 2 amide bonds. The highest BCUT2D eigenvalue weighted by Crippen LogP contribution is 2.19. The monoisotopic (exact) mass is 283 g/mol. The van der Waals surface area contributed by atoms with Crippen molar-refractivity contribution >= 4 is 27.5 Å². The zero-order valence-corrected chi connectivity index (χ0v) is 10.9. The molecule has 0 saturated carbocycles. The van der Waals surface area contributed by atoms with Crippen LogP contribution in [0.4, 0.5) is 5.69 Å². The predicted octanol–water partition coefficient (Wildman–Crippen LogP) is -0.296. The van der Waals surface area contributed by atoms with Gasteiger partial charge in [0.1, 0.15) is 4.90 Å². The van der Waals surface area contributed by atoms with Crippen molar-refractivity contribution in [2.45, 2.75) is 11.8 Å². The average Bonchev–Trinajstić information content (AvgIpc) is 2.27. The summed E-state index contributed by atoms with van der Waals surface area (Å²) in [6.07, 6.45) is 0.974. The lowest BCUT2D eigenvalue weighted by Gasteiger charge is -2.07. The van der Waals surface area contributed by atoms with Gasteiger partial charge in [-0.15, -0.1) is 0 Å². The molecule has 0 fully saturated rings. The summed E-state index contributed by atoms with van der Waals surface area (Å²) >= 11 is 0. The molecule has 0 aliphatic carbocycles. The maximum atomic E-state index is 11.6. The largest absolute Gasteiger partial charge is 0.366 e. The molecule has 1 aromatic carbocycles. The van der Waals surface area contributed by atoms with Gasteiger partial charge in [0.05, 0.1) is 5.69 Å². The summed E-state index contributed by atoms with van der Waals surface area (Å²) < 4.78 is 22.6. The van der Waals surface area contributed by atoms with Crippen molar-refractivity contribution in [1.82, 2.24) is 0 Å². The Balaban J connectivity index is 3.05. The van der Waals surface area contributed by atoms with E-state index in [9.17, 15) is 18.0 Å². The number of nitrogens with two attached hydrogens (primary N) is 2. The molecule has 0 aliphatic heterocycles. The number of hydrogen-bond acceptors (Lipinski definition) is 4. The van der Waals surface area contributed by atoms with Crippen LogP contribution in [0.1, 0.15) is 6.92 Å². The van der Waals surface area contributed by atoms with Crippen molar-refractivity contribution in [1.29, 1.82) is 0 Å². The van der Waals surface area contributed by atoms with Crippen LogP contribution in [-0.2, 0) is 19.6 Å². The lowest BCUT2D eigenvalue weighted by Crippen LogP contribution is -2.19. The standard InChI is InChI=1S/C11H13N3O4S/c1-7(11(12)16)6-10(15)14-8-4-2-3-5-9(8)19(13,17)18/h2-6H,1H3,(H2,12,16)(H,14,15)(H2,13,17,18)/b7-6+. The van der Waals surface area contributed by atoms with E-state index < -0.39 is 21.8 Å². The van der Waals surface area contributed by atoms with Gasteiger partial charge in [-0.1, -0.05) is 12.1 Å². The molecular formula is C11H13N3O4S. The van der Waals surface area contributed by atoms with Crippen LogP contribution in [0, 0.1) is 0 Å². The van der Waals surface area contributed by atoms with Gasteiger partial charge in [0, 0.05) is 11.6 Å². The Hall–Kier alpha value is -2.19. The summed E-state index contributed by atoms with van der Waals surface area (Å²) in [6, 6.07) is 5.65. The minimum absolute atomic E-state index is 0.0310. The number of hydrogen-bond donors (Lipinski definition) is 3. The number of rotatable bonds is 4. The second-order valence-electron chi connectivity index (χ2n) is 3.72. The molecular weight excluding hydrogens is 270 g/mol. The fourth-order valence-electron chi connectivity index (χ4n) is 1.25. The SMILES string of the molecule is C/C(=C\C(=O)Nc1ccccc1S(N)(=O)=O)C(N)=O. The molecule has 0 radical (unpaired) electrons. The van der Waals surface area contributed by atoms with Crippen LogP contribution in [0.2, 0.25) is 0 Å². The van der Waals surface area contributed by atoms with Crippen LogP contribution in [0.3, 0.4) is 0 Å². The first-order valence-corrected chi connectivity index (χ1v) is 6.67. The Morgan fingerprint density at radius 1 is 1.26 bits per heavy atom. The molecule has 0 atom stereocenters. The van der Waals surface area contributed by atoms with Gasteiger partial charge in [0.2, 0.25) is 21.8 Å². The molecule has 102 valence electrons. The number of amides is 2. The normalized spacial score (nSPS) is 12.0. The first kappa shape index (κ1) is 14.9. The van der Waals surface area contributed by atoms with Crippen LogP contribution in [0.15, 0.2) is 40.8 Å². The lowest BCUT2D eigenvalue weighted by atomic mass is 10.2. The molecule has 0 aliphatic rings. The van der Waals surface area contributed by atoms with Crippen LogP contribution < -0.4 is 16.2 Å². The highest BCUT2D eigenvalue weighted by atomic mass is 32.2. The van der Waals surface area contributed by atoms with E-state index >= 15 is 0 Å². The average molecular weight is 283 g/mol. The number of nitrogens with one attached hydrogen (secondary N) is 1. The molecule has 0 heterocycles. The Morgan fingerprint density at radius 3 is 2.37 bits per heavy atom. The van der Waals surface area contributed by atoms with Crippen molar-refractivity contribution in [3.05, 3.63) is 35.9 Å². The first-order chi connectivity index (χ1) is 8.71. The van der Waals surface area contributed by atoms with Gasteiger partial charge in [-0.25, -0.2) is 13.6 Å². The third-order valence-electron chi connectivity index (χ3n) is 2.19. The van der Waals surface area contributed by atoms with Crippen LogP contribution >= 0.6 is 0 Å². The second kappa shape index (κ2) is 5.63. The smallest absolute Gasteiger partial charge is 0.248 e. The van der Waals surface area contributed by atoms with E-state index in [-0.39, 0.29) is 16.2 Å². The number of carbonyl (C=O) groups is 2. The van der Waals surface area contributed by atoms with Crippen molar-refractivity contribution in [3.8, 4) is 0 Å². The summed E-state index contributed by atoms with van der Waals surface area (Å²) in [5.74, 6) is -1.41. The molecule has 5 N–H and O–H groups in total. The number of benzene rings is 1. The van der Waals surface area contributed by atoms with Gasteiger partial charge in [0.25, 0.3) is 0 Å². The third-order valence-corrected chi connectivity index (χ3v) is 3.16. The molecule has 0 unspecified atom stereocenters. The number of primary sulfonamides is 1. The fourth-order valence-corrected chi connectivity index (χ4v) is 1.95. The van der Waals surface area contributed by atoms with Gasteiger partial charge < -0.3 is 11.1 Å². The number of primary amides is 1. The Labute approximate surface area is 110 Å². The van der Waals surface area contributed by atoms with Gasteiger partial charge in [-0.05, 0) is 19.1 Å². The van der Waals surface area contributed by atoms with Gasteiger partial charge >= 0.3 is 0 Å². The maximum Gasteiger partial charge on any atom is 0.248 e. The summed E-state index contributed by atoms with van der Waals surface area (Å²) in [5, 5.41) is 7.33. The van der Waals surface area contributed by atoms with Crippen LogP contribution in [-0.4, -0.2) is 20.2 Å². The second-order valence-corrected chi connectivity index (χ2v) is 5.25. The molecule has 0 spiro atoms.